The van der Waals surface area contributed by atoms with E-state index in [4.69, 9.17) is 28.2 Å². The third-order valence-electron chi connectivity index (χ3n) is 5.96. The first-order chi connectivity index (χ1) is 15.5. The van der Waals surface area contributed by atoms with E-state index in [1.807, 2.05) is 54.7 Å². The summed E-state index contributed by atoms with van der Waals surface area (Å²) in [5.74, 6) is 0.865. The number of hydrogen-bond acceptors (Lipinski definition) is 3. The van der Waals surface area contributed by atoms with Crippen molar-refractivity contribution in [2.45, 2.75) is 32.5 Å². The van der Waals surface area contributed by atoms with Gasteiger partial charge in [0.15, 0.2) is 5.11 Å². The molecule has 0 radical (unpaired) electrons. The summed E-state index contributed by atoms with van der Waals surface area (Å²) in [6.45, 7) is 4.84. The van der Waals surface area contributed by atoms with E-state index in [9.17, 15) is 0 Å². The van der Waals surface area contributed by atoms with Gasteiger partial charge in [0.05, 0.1) is 30.6 Å². The normalized spacial score (nSPS) is 18.2. The molecule has 0 unspecified atom stereocenters. The summed E-state index contributed by atoms with van der Waals surface area (Å²) in [6.07, 6.45) is 3.51. The van der Waals surface area contributed by atoms with Crippen LogP contribution in [0, 0.1) is 13.8 Å². The Balaban J connectivity index is 1.63. The molecule has 1 N–H and O–H groups in total. The number of nitrogens with one attached hydrogen (secondary N) is 1. The van der Waals surface area contributed by atoms with Gasteiger partial charge in [0, 0.05) is 28.3 Å². The van der Waals surface area contributed by atoms with Crippen molar-refractivity contribution in [3.05, 3.63) is 107 Å². The Morgan fingerprint density at radius 2 is 1.97 bits per heavy atom. The highest BCUT2D eigenvalue weighted by Gasteiger charge is 2.41. The second-order valence-corrected chi connectivity index (χ2v) is 8.80. The van der Waals surface area contributed by atoms with Crippen molar-refractivity contribution < 1.29 is 4.42 Å². The van der Waals surface area contributed by atoms with Crippen LogP contribution in [0.4, 0.5) is 0 Å². The van der Waals surface area contributed by atoms with E-state index in [2.05, 4.69) is 45.7 Å². The molecule has 0 aliphatic carbocycles. The maximum atomic E-state index is 6.29. The molecular formula is C25H23ClN4OS. The van der Waals surface area contributed by atoms with Crippen molar-refractivity contribution in [2.24, 2.45) is 0 Å². The lowest BCUT2D eigenvalue weighted by molar-refractivity contribution is 0.286. The third kappa shape index (κ3) is 3.70. The molecule has 0 saturated carbocycles. The van der Waals surface area contributed by atoms with Gasteiger partial charge in [-0.3, -0.25) is 4.98 Å². The van der Waals surface area contributed by atoms with Crippen LogP contribution in [0.2, 0.25) is 5.02 Å². The minimum absolute atomic E-state index is 0.0402. The molecule has 1 aliphatic rings. The molecule has 1 aromatic carbocycles. The van der Waals surface area contributed by atoms with Crippen molar-refractivity contribution in [1.29, 1.82) is 0 Å². The molecule has 32 heavy (non-hydrogen) atoms. The van der Waals surface area contributed by atoms with Crippen LogP contribution in [-0.4, -0.2) is 19.6 Å². The average molecular weight is 463 g/mol. The number of hydrogen-bond donors (Lipinski definition) is 1. The topological polar surface area (TPSA) is 46.2 Å². The Morgan fingerprint density at radius 1 is 1.09 bits per heavy atom. The molecule has 5 rings (SSSR count). The summed E-state index contributed by atoms with van der Waals surface area (Å²) >= 11 is 12.1. The van der Waals surface area contributed by atoms with Crippen LogP contribution in [0.25, 0.3) is 5.69 Å². The smallest absolute Gasteiger partial charge is 0.170 e. The molecule has 162 valence electrons. The van der Waals surface area contributed by atoms with E-state index in [1.165, 1.54) is 5.56 Å². The van der Waals surface area contributed by atoms with Crippen LogP contribution in [0.3, 0.4) is 0 Å². The van der Waals surface area contributed by atoms with Gasteiger partial charge >= 0.3 is 0 Å². The molecule has 1 fully saturated rings. The molecule has 7 heteroatoms. The summed E-state index contributed by atoms with van der Waals surface area (Å²) in [4.78, 5) is 6.83. The molecule has 1 saturated heterocycles. The molecule has 3 aromatic heterocycles. The Kier molecular flexibility index (Phi) is 5.49. The van der Waals surface area contributed by atoms with E-state index in [0.717, 1.165) is 28.5 Å². The largest absolute Gasteiger partial charge is 0.467 e. The van der Waals surface area contributed by atoms with Crippen LogP contribution in [0.1, 0.15) is 40.5 Å². The standard InChI is InChI=1S/C25H23ClN4OS/c1-16-13-21(17(2)30(16)19-8-5-7-18(26)14-19)24-23(22-10-3-4-11-27-22)28-25(32)29(24)15-20-9-6-12-31-20/h3-14,23-24H,15H2,1-2H3,(H,28,32)/t23-,24+/m0/s1. The quantitative estimate of drug-likeness (QED) is 0.373. The number of aryl methyl sites for hydroxylation is 1. The van der Waals surface area contributed by atoms with Gasteiger partial charge in [-0.05, 0) is 80.2 Å². The lowest BCUT2D eigenvalue weighted by Gasteiger charge is -2.27. The Bertz CT molecular complexity index is 1250. The number of thiocarbonyl (C=S) groups is 1. The highest BCUT2D eigenvalue weighted by atomic mass is 35.5. The maximum absolute atomic E-state index is 6.29. The highest BCUT2D eigenvalue weighted by molar-refractivity contribution is 7.80. The number of rotatable bonds is 5. The molecule has 2 atom stereocenters. The van der Waals surface area contributed by atoms with E-state index in [1.54, 1.807) is 6.26 Å². The number of halogens is 1. The zero-order chi connectivity index (χ0) is 22.2. The Labute approximate surface area is 197 Å². The molecule has 0 amide bonds. The van der Waals surface area contributed by atoms with Crippen molar-refractivity contribution in [3.8, 4) is 5.69 Å². The van der Waals surface area contributed by atoms with Crippen molar-refractivity contribution >= 4 is 28.9 Å². The fourth-order valence-electron chi connectivity index (χ4n) is 4.58. The minimum atomic E-state index is -0.0769. The second kappa shape index (κ2) is 8.45. The van der Waals surface area contributed by atoms with Crippen molar-refractivity contribution in [1.82, 2.24) is 19.8 Å². The lowest BCUT2D eigenvalue weighted by atomic mass is 9.96. The van der Waals surface area contributed by atoms with Gasteiger partial charge in [-0.25, -0.2) is 0 Å². The van der Waals surface area contributed by atoms with Crippen LogP contribution in [0.5, 0.6) is 0 Å². The summed E-state index contributed by atoms with van der Waals surface area (Å²) in [7, 11) is 0. The van der Waals surface area contributed by atoms with Gasteiger partial charge < -0.3 is 19.2 Å². The summed E-state index contributed by atoms with van der Waals surface area (Å²) in [6, 6.07) is 19.9. The lowest BCUT2D eigenvalue weighted by Crippen LogP contribution is -2.29. The summed E-state index contributed by atoms with van der Waals surface area (Å²) < 4.78 is 7.89. The van der Waals surface area contributed by atoms with Crippen LogP contribution >= 0.6 is 23.8 Å². The van der Waals surface area contributed by atoms with Gasteiger partial charge in [0.2, 0.25) is 0 Å². The molecule has 0 bridgehead atoms. The zero-order valence-corrected chi connectivity index (χ0v) is 19.4. The van der Waals surface area contributed by atoms with Crippen molar-refractivity contribution in [3.63, 3.8) is 0 Å². The maximum Gasteiger partial charge on any atom is 0.170 e. The second-order valence-electron chi connectivity index (χ2n) is 7.98. The van der Waals surface area contributed by atoms with Gasteiger partial charge in [-0.2, -0.15) is 0 Å². The van der Waals surface area contributed by atoms with E-state index in [0.29, 0.717) is 16.7 Å². The number of benzene rings is 1. The zero-order valence-electron chi connectivity index (χ0n) is 17.8. The third-order valence-corrected chi connectivity index (χ3v) is 6.55. The van der Waals surface area contributed by atoms with Gasteiger partial charge in [0.1, 0.15) is 5.76 Å². The number of aromatic nitrogens is 2. The molecular weight excluding hydrogens is 440 g/mol. The molecule has 4 aromatic rings. The van der Waals surface area contributed by atoms with Crippen LogP contribution in [0.15, 0.2) is 77.5 Å². The Hall–Kier alpha value is -3.09. The monoisotopic (exact) mass is 462 g/mol. The van der Waals surface area contributed by atoms with Crippen LogP contribution in [-0.2, 0) is 6.54 Å². The summed E-state index contributed by atoms with van der Waals surface area (Å²) in [5.41, 5.74) is 5.47. The molecule has 0 spiro atoms. The minimum Gasteiger partial charge on any atom is -0.467 e. The predicted molar refractivity (Wildman–Crippen MR) is 130 cm³/mol. The van der Waals surface area contributed by atoms with Gasteiger partial charge in [-0.15, -0.1) is 0 Å². The van der Waals surface area contributed by atoms with Crippen molar-refractivity contribution in [2.75, 3.05) is 0 Å². The molecule has 1 aliphatic heterocycles. The van der Waals surface area contributed by atoms with Gasteiger partial charge in [-0.1, -0.05) is 23.7 Å². The predicted octanol–water partition coefficient (Wildman–Crippen LogP) is 5.91. The summed E-state index contributed by atoms with van der Waals surface area (Å²) in [5, 5.41) is 4.91. The Morgan fingerprint density at radius 3 is 2.69 bits per heavy atom. The average Bonchev–Trinajstić information content (AvgIpc) is 3.48. The SMILES string of the molecule is Cc1cc([C@@H]2[C@H](c3ccccn3)NC(=S)N2Cc2ccco2)c(C)n1-c1cccc(Cl)c1. The van der Waals surface area contributed by atoms with E-state index < -0.39 is 0 Å². The number of furan rings is 1. The first-order valence-electron chi connectivity index (χ1n) is 10.5. The first-order valence-corrected chi connectivity index (χ1v) is 11.3. The molecule has 4 heterocycles. The first kappa shape index (κ1) is 20.8. The fraction of sp³-hybridized carbons (Fsp3) is 0.200. The van der Waals surface area contributed by atoms with Gasteiger partial charge in [0.25, 0.3) is 0 Å². The molecule has 5 nitrogen and oxygen atoms in total. The van der Waals surface area contributed by atoms with E-state index >= 15 is 0 Å². The number of nitrogens with zero attached hydrogens (tertiary/aromatic N) is 3. The highest BCUT2D eigenvalue weighted by Crippen LogP contribution is 2.42. The van der Waals surface area contributed by atoms with E-state index in [-0.39, 0.29) is 12.1 Å². The van der Waals surface area contributed by atoms with Crippen LogP contribution < -0.4 is 5.32 Å². The number of pyridine rings is 1. The fourth-order valence-corrected chi connectivity index (χ4v) is 5.07.